The zero-order valence-corrected chi connectivity index (χ0v) is 25.8. The highest BCUT2D eigenvalue weighted by Gasteiger charge is 2.34. The number of halogens is 2. The molecule has 1 unspecified atom stereocenters. The molecule has 0 aliphatic carbocycles. The molecule has 0 aliphatic heterocycles. The van der Waals surface area contributed by atoms with Gasteiger partial charge in [-0.2, -0.15) is 0 Å². The Morgan fingerprint density at radius 2 is 1.49 bits per heavy atom. The highest BCUT2D eigenvalue weighted by Crippen LogP contribution is 2.33. The highest BCUT2D eigenvalue weighted by atomic mass is 35.5. The molecular weight excluding hydrogens is 589 g/mol. The maximum Gasteiger partial charge on any atom is 0.264 e. The molecule has 41 heavy (non-hydrogen) atoms. The molecule has 0 bridgehead atoms. The van der Waals surface area contributed by atoms with Crippen LogP contribution in [0.1, 0.15) is 26.3 Å². The van der Waals surface area contributed by atoms with Crippen LogP contribution in [0.3, 0.4) is 0 Å². The van der Waals surface area contributed by atoms with Crippen molar-refractivity contribution in [3.05, 3.63) is 82.3 Å². The summed E-state index contributed by atoms with van der Waals surface area (Å²) in [5, 5.41) is 3.41. The maximum absolute atomic E-state index is 14.1. The lowest BCUT2D eigenvalue weighted by Gasteiger charge is -2.33. The second kappa shape index (κ2) is 13.9. The Balaban J connectivity index is 2.11. The van der Waals surface area contributed by atoms with Gasteiger partial charge in [0.25, 0.3) is 10.0 Å². The number of amides is 2. The second-order valence-electron chi connectivity index (χ2n) is 9.42. The molecule has 3 aromatic rings. The number of sulfonamides is 1. The molecular formula is C29H33Cl2N3O6S. The monoisotopic (exact) mass is 621 g/mol. The van der Waals surface area contributed by atoms with Crippen LogP contribution in [0.4, 0.5) is 5.69 Å². The fourth-order valence-corrected chi connectivity index (χ4v) is 6.01. The number of methoxy groups -OCH3 is 2. The van der Waals surface area contributed by atoms with Gasteiger partial charge in [-0.1, -0.05) is 41.4 Å². The van der Waals surface area contributed by atoms with Gasteiger partial charge >= 0.3 is 0 Å². The Kier molecular flexibility index (Phi) is 10.9. The third kappa shape index (κ3) is 7.63. The van der Waals surface area contributed by atoms with E-state index in [2.05, 4.69) is 5.32 Å². The van der Waals surface area contributed by atoms with E-state index >= 15 is 0 Å². The summed E-state index contributed by atoms with van der Waals surface area (Å²) in [6.07, 6.45) is 0. The Hall–Kier alpha value is -3.47. The van der Waals surface area contributed by atoms with Crippen LogP contribution in [0.15, 0.2) is 71.6 Å². The van der Waals surface area contributed by atoms with Crippen molar-refractivity contribution in [3.8, 4) is 11.5 Å². The molecule has 0 fully saturated rings. The van der Waals surface area contributed by atoms with E-state index in [0.717, 1.165) is 4.31 Å². The first-order valence-corrected chi connectivity index (χ1v) is 14.9. The number of carbonyl (C=O) groups excluding carboxylic acids is 2. The molecule has 2 amide bonds. The van der Waals surface area contributed by atoms with E-state index in [0.29, 0.717) is 21.4 Å². The summed E-state index contributed by atoms with van der Waals surface area (Å²) in [7, 11) is -1.42. The zero-order chi connectivity index (χ0) is 30.3. The van der Waals surface area contributed by atoms with Crippen LogP contribution in [-0.2, 0) is 26.2 Å². The number of anilines is 1. The van der Waals surface area contributed by atoms with Gasteiger partial charge in [-0.3, -0.25) is 13.9 Å². The van der Waals surface area contributed by atoms with E-state index < -0.39 is 34.4 Å². The lowest BCUT2D eigenvalue weighted by Crippen LogP contribution is -2.52. The first-order valence-electron chi connectivity index (χ1n) is 12.7. The summed E-state index contributed by atoms with van der Waals surface area (Å²) < 4.78 is 39.6. The van der Waals surface area contributed by atoms with Gasteiger partial charge in [-0.05, 0) is 69.3 Å². The van der Waals surface area contributed by atoms with Crippen molar-refractivity contribution in [2.45, 2.75) is 44.3 Å². The molecule has 0 radical (unpaired) electrons. The summed E-state index contributed by atoms with van der Waals surface area (Å²) in [5.74, 6) is -0.367. The predicted molar refractivity (Wildman–Crippen MR) is 160 cm³/mol. The third-order valence-electron chi connectivity index (χ3n) is 6.27. The van der Waals surface area contributed by atoms with Crippen LogP contribution in [0, 0.1) is 0 Å². The molecule has 1 atom stereocenters. The smallest absolute Gasteiger partial charge is 0.264 e. The van der Waals surface area contributed by atoms with E-state index in [4.69, 9.17) is 32.7 Å². The summed E-state index contributed by atoms with van der Waals surface area (Å²) >= 11 is 12.8. The van der Waals surface area contributed by atoms with Crippen molar-refractivity contribution in [1.29, 1.82) is 0 Å². The van der Waals surface area contributed by atoms with Crippen LogP contribution in [0.2, 0.25) is 10.0 Å². The van der Waals surface area contributed by atoms with Crippen LogP contribution < -0.4 is 19.1 Å². The van der Waals surface area contributed by atoms with Crippen LogP contribution in [0.5, 0.6) is 11.5 Å². The fourth-order valence-electron chi connectivity index (χ4n) is 4.07. The second-order valence-corrected chi connectivity index (χ2v) is 12.1. The number of para-hydroxylation sites is 2. The normalized spacial score (nSPS) is 12.0. The minimum Gasteiger partial charge on any atom is -0.497 e. The standard InChI is InChI=1S/C29H33Cl2N3O6S/c1-19(2)32-29(36)20(3)33(17-23-24(30)9-8-10-25(23)31)28(35)18-34(26-11-6-7-12-27(26)40-5)41(37,38)22-15-13-21(39-4)14-16-22/h6-16,19-20H,17-18H2,1-5H3,(H,32,36). The van der Waals surface area contributed by atoms with Gasteiger partial charge in [-0.25, -0.2) is 8.42 Å². The average Bonchev–Trinajstić information content (AvgIpc) is 2.94. The van der Waals surface area contributed by atoms with E-state index in [1.165, 1.54) is 49.5 Å². The van der Waals surface area contributed by atoms with Crippen molar-refractivity contribution in [2.24, 2.45) is 0 Å². The summed E-state index contributed by atoms with van der Waals surface area (Å²) in [6, 6.07) is 16.0. The number of hydrogen-bond acceptors (Lipinski definition) is 6. The average molecular weight is 623 g/mol. The molecule has 3 rings (SSSR count). The number of nitrogens with one attached hydrogen (secondary N) is 1. The minimum atomic E-state index is -4.30. The topological polar surface area (TPSA) is 105 Å². The van der Waals surface area contributed by atoms with E-state index in [-0.39, 0.29) is 28.9 Å². The molecule has 9 nitrogen and oxygen atoms in total. The molecule has 220 valence electrons. The van der Waals surface area contributed by atoms with Gasteiger partial charge in [-0.15, -0.1) is 0 Å². The first-order chi connectivity index (χ1) is 19.4. The molecule has 0 aromatic heterocycles. The third-order valence-corrected chi connectivity index (χ3v) is 8.75. The van der Waals surface area contributed by atoms with Gasteiger partial charge in [0, 0.05) is 28.2 Å². The molecule has 0 saturated heterocycles. The van der Waals surface area contributed by atoms with Crippen molar-refractivity contribution in [1.82, 2.24) is 10.2 Å². The van der Waals surface area contributed by atoms with Gasteiger partial charge in [0.05, 0.1) is 24.8 Å². The zero-order valence-electron chi connectivity index (χ0n) is 23.4. The van der Waals surface area contributed by atoms with Crippen molar-refractivity contribution < 1.29 is 27.5 Å². The Labute approximate surface area is 251 Å². The number of nitrogens with zero attached hydrogens (tertiary/aromatic N) is 2. The Bertz CT molecular complexity index is 1460. The van der Waals surface area contributed by atoms with E-state index in [9.17, 15) is 18.0 Å². The molecule has 0 spiro atoms. The lowest BCUT2D eigenvalue weighted by atomic mass is 10.1. The molecule has 12 heteroatoms. The molecule has 1 N–H and O–H groups in total. The lowest BCUT2D eigenvalue weighted by molar-refractivity contribution is -0.139. The van der Waals surface area contributed by atoms with Crippen LogP contribution in [0.25, 0.3) is 0 Å². The molecule has 0 saturated carbocycles. The van der Waals surface area contributed by atoms with E-state index in [1.54, 1.807) is 57.2 Å². The van der Waals surface area contributed by atoms with Gasteiger partial charge in [0.15, 0.2) is 0 Å². The van der Waals surface area contributed by atoms with Crippen LogP contribution in [-0.4, -0.2) is 58.0 Å². The number of hydrogen-bond donors (Lipinski definition) is 1. The summed E-state index contributed by atoms with van der Waals surface area (Å²) in [5.41, 5.74) is 0.574. The number of ether oxygens (including phenoxy) is 2. The van der Waals surface area contributed by atoms with E-state index in [1.807, 2.05) is 0 Å². The van der Waals surface area contributed by atoms with Gasteiger partial charge in [0.1, 0.15) is 24.1 Å². The van der Waals surface area contributed by atoms with Crippen molar-refractivity contribution >= 4 is 50.7 Å². The molecule has 0 aliphatic rings. The predicted octanol–water partition coefficient (Wildman–Crippen LogP) is 5.15. The molecule has 0 heterocycles. The maximum atomic E-state index is 14.1. The Morgan fingerprint density at radius 3 is 2.05 bits per heavy atom. The summed E-state index contributed by atoms with van der Waals surface area (Å²) in [6.45, 7) is 4.38. The first kappa shape index (κ1) is 32.0. The highest BCUT2D eigenvalue weighted by molar-refractivity contribution is 7.92. The largest absolute Gasteiger partial charge is 0.497 e. The quantitative estimate of drug-likeness (QED) is 0.300. The number of benzene rings is 3. The van der Waals surface area contributed by atoms with Crippen molar-refractivity contribution in [3.63, 3.8) is 0 Å². The van der Waals surface area contributed by atoms with Gasteiger partial charge < -0.3 is 19.7 Å². The minimum absolute atomic E-state index is 0.0664. The number of carbonyl (C=O) groups is 2. The van der Waals surface area contributed by atoms with Crippen LogP contribution >= 0.6 is 23.2 Å². The molecule has 3 aromatic carbocycles. The summed E-state index contributed by atoms with van der Waals surface area (Å²) in [4.78, 5) is 28.3. The SMILES string of the molecule is COc1ccc(S(=O)(=O)N(CC(=O)N(Cc2c(Cl)cccc2Cl)C(C)C(=O)NC(C)C)c2ccccc2OC)cc1. The van der Waals surface area contributed by atoms with Gasteiger partial charge in [0.2, 0.25) is 11.8 Å². The Morgan fingerprint density at radius 1 is 0.878 bits per heavy atom. The van der Waals surface area contributed by atoms with Crippen molar-refractivity contribution in [2.75, 3.05) is 25.1 Å². The number of rotatable bonds is 12. The fraction of sp³-hybridized carbons (Fsp3) is 0.310.